The van der Waals surface area contributed by atoms with Gasteiger partial charge in [-0.2, -0.15) is 0 Å². The zero-order valence-electron chi connectivity index (χ0n) is 17.6. The number of urea groups is 1. The first-order valence-corrected chi connectivity index (χ1v) is 12.0. The van der Waals surface area contributed by atoms with Crippen LogP contribution in [0.3, 0.4) is 0 Å². The Morgan fingerprint density at radius 2 is 1.62 bits per heavy atom. The van der Waals surface area contributed by atoms with Gasteiger partial charge in [-0.3, -0.25) is 4.79 Å². The zero-order chi connectivity index (χ0) is 21.3. The van der Waals surface area contributed by atoms with Gasteiger partial charge in [0.15, 0.2) is 0 Å². The van der Waals surface area contributed by atoms with E-state index >= 15 is 0 Å². The molecule has 2 aliphatic rings. The monoisotopic (exact) mass is 485 g/mol. The maximum absolute atomic E-state index is 12.6. The van der Waals surface area contributed by atoms with Crippen LogP contribution in [0.1, 0.15) is 78.2 Å². The Kier molecular flexibility index (Phi) is 13.1. The average molecular weight is 487 g/mol. The van der Waals surface area contributed by atoms with Crippen LogP contribution in [0.25, 0.3) is 0 Å². The molecule has 5 nitrogen and oxygen atoms in total. The maximum atomic E-state index is 12.6. The molecule has 7 heteroatoms. The van der Waals surface area contributed by atoms with Crippen molar-refractivity contribution in [3.63, 3.8) is 0 Å². The summed E-state index contributed by atoms with van der Waals surface area (Å²) >= 11 is 12.1. The highest BCUT2D eigenvalue weighted by molar-refractivity contribution is 6.35. The van der Waals surface area contributed by atoms with Gasteiger partial charge in [0.1, 0.15) is 0 Å². The zero-order valence-corrected chi connectivity index (χ0v) is 19.1. The van der Waals surface area contributed by atoms with Crippen molar-refractivity contribution in [3.05, 3.63) is 33.8 Å². The van der Waals surface area contributed by atoms with Crippen molar-refractivity contribution in [1.29, 1.82) is 0 Å². The number of likely N-dealkylation sites (tertiary alicyclic amines) is 1. The summed E-state index contributed by atoms with van der Waals surface area (Å²) in [5.41, 5.74) is 0.842. The molecule has 2 fully saturated rings. The van der Waals surface area contributed by atoms with Gasteiger partial charge < -0.3 is 15.5 Å². The largest absolute Gasteiger partial charge is 0.356 e. The van der Waals surface area contributed by atoms with Crippen LogP contribution in [0, 0.1) is 11.8 Å². The van der Waals surface area contributed by atoms with Gasteiger partial charge in [0.05, 0.1) is 0 Å². The fourth-order valence-corrected chi connectivity index (χ4v) is 4.95. The molecule has 1 aliphatic heterocycles. The van der Waals surface area contributed by atoms with Gasteiger partial charge in [-0.25, -0.2) is 4.79 Å². The van der Waals surface area contributed by atoms with E-state index in [0.29, 0.717) is 35.6 Å². The molecule has 1 aromatic rings. The first kappa shape index (κ1) is 28.6. The van der Waals surface area contributed by atoms with E-state index in [9.17, 15) is 9.59 Å². The molecule has 1 atom stereocenters. The summed E-state index contributed by atoms with van der Waals surface area (Å²) in [4.78, 5) is 27.1. The normalized spacial score (nSPS) is 19.6. The second-order valence-electron chi connectivity index (χ2n) is 8.64. The minimum atomic E-state index is -0.0861. The lowest BCUT2D eigenvalue weighted by Crippen LogP contribution is -2.48. The molecule has 2 N–H and O–H groups in total. The van der Waals surface area contributed by atoms with Crippen molar-refractivity contribution >= 4 is 35.1 Å². The first-order valence-electron chi connectivity index (χ1n) is 11.3. The molecule has 3 amide bonds. The second-order valence-corrected chi connectivity index (χ2v) is 9.48. The number of hydrogen-bond acceptors (Lipinski definition) is 2. The van der Waals surface area contributed by atoms with Crippen LogP contribution in [0.4, 0.5) is 4.79 Å². The van der Waals surface area contributed by atoms with E-state index in [4.69, 9.17) is 23.2 Å². The molecule has 1 unspecified atom stereocenters. The third-order valence-corrected chi connectivity index (χ3v) is 6.88. The van der Waals surface area contributed by atoms with E-state index in [-0.39, 0.29) is 32.7 Å². The Labute approximate surface area is 204 Å². The highest BCUT2D eigenvalue weighted by Gasteiger charge is 2.25. The summed E-state index contributed by atoms with van der Waals surface area (Å²) < 4.78 is 0. The molecular weight excluding hydrogens is 445 g/mol. The van der Waals surface area contributed by atoms with Crippen LogP contribution in [0.5, 0.6) is 0 Å². The molecule has 182 valence electrons. The number of benzene rings is 1. The molecule has 3 rings (SSSR count). The number of nitrogens with one attached hydrogen (secondary N) is 2. The fourth-order valence-electron chi connectivity index (χ4n) is 4.47. The Morgan fingerprint density at radius 3 is 2.31 bits per heavy atom. The highest BCUT2D eigenvalue weighted by Crippen LogP contribution is 2.23. The Hall–Kier alpha value is -1.46. The topological polar surface area (TPSA) is 61.4 Å². The number of amides is 3. The molecular formula is C25H41Cl2N3O2. The second kappa shape index (κ2) is 14.6. The molecule has 0 radical (unpaired) electrons. The van der Waals surface area contributed by atoms with Gasteiger partial charge in [-0.15, -0.1) is 0 Å². The molecule has 1 aliphatic carbocycles. The van der Waals surface area contributed by atoms with Crippen LogP contribution in [0.15, 0.2) is 18.2 Å². The predicted molar refractivity (Wildman–Crippen MR) is 135 cm³/mol. The van der Waals surface area contributed by atoms with E-state index in [2.05, 4.69) is 10.6 Å². The van der Waals surface area contributed by atoms with Gasteiger partial charge in [-0.05, 0) is 49.3 Å². The number of piperidine rings is 1. The van der Waals surface area contributed by atoms with Crippen LogP contribution >= 0.6 is 23.2 Å². The number of rotatable bonds is 5. The SMILES string of the molecule is C.C.O=C(NCC1CCCN(C(=O)NCc2ccc(Cl)cc2Cl)C1)C1CCCCCCC1. The van der Waals surface area contributed by atoms with E-state index in [1.54, 1.807) is 12.1 Å². The molecule has 1 saturated heterocycles. The third kappa shape index (κ3) is 8.82. The van der Waals surface area contributed by atoms with Gasteiger partial charge in [0.2, 0.25) is 5.91 Å². The van der Waals surface area contributed by atoms with E-state index < -0.39 is 0 Å². The molecule has 1 heterocycles. The van der Waals surface area contributed by atoms with Crippen molar-refractivity contribution in [1.82, 2.24) is 15.5 Å². The summed E-state index contributed by atoms with van der Waals surface area (Å²) in [5, 5.41) is 7.26. The molecule has 0 spiro atoms. The lowest BCUT2D eigenvalue weighted by Gasteiger charge is -2.33. The summed E-state index contributed by atoms with van der Waals surface area (Å²) in [6, 6.07) is 5.19. The molecule has 32 heavy (non-hydrogen) atoms. The van der Waals surface area contributed by atoms with Crippen molar-refractivity contribution in [2.24, 2.45) is 11.8 Å². The summed E-state index contributed by atoms with van der Waals surface area (Å²) in [5.74, 6) is 0.675. The van der Waals surface area contributed by atoms with Crippen LogP contribution in [-0.2, 0) is 11.3 Å². The van der Waals surface area contributed by atoms with E-state index in [1.807, 2.05) is 11.0 Å². The third-order valence-electron chi connectivity index (χ3n) is 6.29. The lowest BCUT2D eigenvalue weighted by molar-refractivity contribution is -0.125. The summed E-state index contributed by atoms with van der Waals surface area (Å²) in [6.45, 7) is 2.44. The maximum Gasteiger partial charge on any atom is 0.317 e. The van der Waals surface area contributed by atoms with Crippen LogP contribution in [0.2, 0.25) is 10.0 Å². The predicted octanol–water partition coefficient (Wildman–Crippen LogP) is 6.66. The van der Waals surface area contributed by atoms with Gasteiger partial charge in [0.25, 0.3) is 0 Å². The fraction of sp³-hybridized carbons (Fsp3) is 0.680. The van der Waals surface area contributed by atoms with Gasteiger partial charge in [-0.1, -0.05) is 76.2 Å². The van der Waals surface area contributed by atoms with Crippen LogP contribution in [-0.4, -0.2) is 36.5 Å². The van der Waals surface area contributed by atoms with Crippen molar-refractivity contribution in [2.45, 2.75) is 79.2 Å². The van der Waals surface area contributed by atoms with Crippen molar-refractivity contribution in [3.8, 4) is 0 Å². The molecule has 0 bridgehead atoms. The molecule has 1 aromatic carbocycles. The lowest BCUT2D eigenvalue weighted by atomic mass is 9.90. The number of halogens is 2. The number of hydrogen-bond donors (Lipinski definition) is 2. The van der Waals surface area contributed by atoms with Crippen molar-refractivity contribution in [2.75, 3.05) is 19.6 Å². The summed E-state index contributed by atoms with van der Waals surface area (Å²) in [7, 11) is 0. The van der Waals surface area contributed by atoms with Crippen LogP contribution < -0.4 is 10.6 Å². The van der Waals surface area contributed by atoms with Crippen molar-refractivity contribution < 1.29 is 9.59 Å². The Balaban J connectivity index is 0.00000256. The first-order chi connectivity index (χ1) is 14.5. The Bertz CT molecular complexity index is 721. The summed E-state index contributed by atoms with van der Waals surface area (Å²) in [6.07, 6.45) is 10.1. The van der Waals surface area contributed by atoms with Gasteiger partial charge >= 0.3 is 6.03 Å². The minimum absolute atomic E-state index is 0. The van der Waals surface area contributed by atoms with Gasteiger partial charge in [0, 0.05) is 42.1 Å². The molecule has 1 saturated carbocycles. The Morgan fingerprint density at radius 1 is 0.938 bits per heavy atom. The minimum Gasteiger partial charge on any atom is -0.356 e. The number of nitrogens with zero attached hydrogens (tertiary/aromatic N) is 1. The average Bonchev–Trinajstić information content (AvgIpc) is 2.71. The smallest absolute Gasteiger partial charge is 0.317 e. The number of carbonyl (C=O) groups is 2. The highest BCUT2D eigenvalue weighted by atomic mass is 35.5. The quantitative estimate of drug-likeness (QED) is 0.489. The van der Waals surface area contributed by atoms with E-state index in [1.165, 1.54) is 19.3 Å². The standard InChI is InChI=1S/C23H33Cl2N3O2.2CH4/c24-20-11-10-19(21(25)13-20)15-27-23(30)28-12-6-7-17(16-28)14-26-22(29)18-8-4-2-1-3-5-9-18;;/h10-11,13,17-18H,1-9,12,14-16H2,(H,26,29)(H,27,30);2*1H4. The molecule has 0 aromatic heterocycles. The number of carbonyl (C=O) groups excluding carboxylic acids is 2. The van der Waals surface area contributed by atoms with E-state index in [0.717, 1.165) is 50.6 Å².